The molecule has 0 heterocycles. The highest BCUT2D eigenvalue weighted by molar-refractivity contribution is 7.89. The van der Waals surface area contributed by atoms with Gasteiger partial charge in [-0.1, -0.05) is 48.5 Å². The van der Waals surface area contributed by atoms with E-state index >= 15 is 0 Å². The van der Waals surface area contributed by atoms with Crippen molar-refractivity contribution in [2.45, 2.75) is 10.9 Å². The normalized spacial score (nSPS) is 12.6. The molecule has 2 aromatic carbocycles. The number of likely N-dealkylation sites (N-methyl/N-ethyl adjacent to an activating group) is 1. The summed E-state index contributed by atoms with van der Waals surface area (Å²) in [6.45, 7) is 0. The quantitative estimate of drug-likeness (QED) is 0.914. The van der Waals surface area contributed by atoms with E-state index in [4.69, 9.17) is 0 Å². The van der Waals surface area contributed by atoms with Gasteiger partial charge >= 0.3 is 0 Å². The Morgan fingerprint density at radius 3 is 1.95 bits per heavy atom. The molecule has 0 aliphatic carbocycles. The third-order valence-electron chi connectivity index (χ3n) is 3.15. The summed E-state index contributed by atoms with van der Waals surface area (Å²) < 4.78 is 27.4. The summed E-state index contributed by atoms with van der Waals surface area (Å²) in [7, 11) is -0.599. The number of nitrogens with zero attached hydrogens (tertiary/aromatic N) is 1. The minimum Gasteiger partial charge on any atom is -0.347 e. The van der Waals surface area contributed by atoms with Crippen molar-refractivity contribution < 1.29 is 13.2 Å². The summed E-state index contributed by atoms with van der Waals surface area (Å²) in [5.41, 5.74) is 0.598. The van der Waals surface area contributed by atoms with Crippen LogP contribution in [0.3, 0.4) is 0 Å². The summed E-state index contributed by atoms with van der Waals surface area (Å²) in [4.78, 5) is 13.8. The smallest absolute Gasteiger partial charge is 0.244 e. The summed E-state index contributed by atoms with van der Waals surface area (Å²) in [5.74, 6) is -0.328. The standard InChI is InChI=1S/C16H18N2O3S/c1-18(2)16(19)15(13-9-5-3-6-10-13)17-22(20,21)14-11-7-4-8-12-14/h3-12,15,17H,1-2H3. The van der Waals surface area contributed by atoms with Gasteiger partial charge in [0.1, 0.15) is 6.04 Å². The van der Waals surface area contributed by atoms with Crippen molar-refractivity contribution >= 4 is 15.9 Å². The lowest BCUT2D eigenvalue weighted by Crippen LogP contribution is -2.39. The van der Waals surface area contributed by atoms with Crippen LogP contribution in [0.15, 0.2) is 65.6 Å². The van der Waals surface area contributed by atoms with E-state index < -0.39 is 16.1 Å². The van der Waals surface area contributed by atoms with E-state index in [1.54, 1.807) is 56.6 Å². The molecule has 2 aromatic rings. The van der Waals surface area contributed by atoms with Gasteiger partial charge in [-0.25, -0.2) is 8.42 Å². The van der Waals surface area contributed by atoms with Crippen molar-refractivity contribution in [1.29, 1.82) is 0 Å². The Bertz CT molecular complexity index is 729. The highest BCUT2D eigenvalue weighted by Crippen LogP contribution is 2.18. The van der Waals surface area contributed by atoms with Gasteiger partial charge in [0.05, 0.1) is 4.90 Å². The van der Waals surface area contributed by atoms with Gasteiger partial charge in [0, 0.05) is 14.1 Å². The molecule has 1 atom stereocenters. The van der Waals surface area contributed by atoms with Gasteiger partial charge in [-0.3, -0.25) is 4.79 Å². The molecule has 1 unspecified atom stereocenters. The molecule has 1 amide bonds. The zero-order chi connectivity index (χ0) is 16.2. The first kappa shape index (κ1) is 16.2. The van der Waals surface area contributed by atoms with E-state index in [1.807, 2.05) is 6.07 Å². The number of rotatable bonds is 5. The molecular formula is C16H18N2O3S. The predicted octanol–water partition coefficient (Wildman–Crippen LogP) is 1.79. The zero-order valence-corrected chi connectivity index (χ0v) is 13.2. The van der Waals surface area contributed by atoms with Crippen LogP contribution in [-0.4, -0.2) is 33.3 Å². The van der Waals surface area contributed by atoms with Crippen LogP contribution < -0.4 is 4.72 Å². The molecule has 0 bridgehead atoms. The summed E-state index contributed by atoms with van der Waals surface area (Å²) in [6, 6.07) is 15.8. The number of carbonyl (C=O) groups is 1. The predicted molar refractivity (Wildman–Crippen MR) is 84.6 cm³/mol. The second-order valence-electron chi connectivity index (χ2n) is 5.01. The van der Waals surface area contributed by atoms with E-state index in [1.165, 1.54) is 17.0 Å². The second-order valence-corrected chi connectivity index (χ2v) is 6.72. The fourth-order valence-electron chi connectivity index (χ4n) is 1.99. The second kappa shape index (κ2) is 6.72. The first-order chi connectivity index (χ1) is 10.4. The van der Waals surface area contributed by atoms with E-state index in [0.717, 1.165) is 0 Å². The van der Waals surface area contributed by atoms with Crippen molar-refractivity contribution in [3.8, 4) is 0 Å². The number of hydrogen-bond acceptors (Lipinski definition) is 3. The fraction of sp³-hybridized carbons (Fsp3) is 0.188. The number of amides is 1. The molecule has 5 nitrogen and oxygen atoms in total. The van der Waals surface area contributed by atoms with Gasteiger partial charge in [-0.2, -0.15) is 4.72 Å². The molecule has 0 saturated heterocycles. The Morgan fingerprint density at radius 1 is 0.955 bits per heavy atom. The summed E-state index contributed by atoms with van der Waals surface area (Å²) >= 11 is 0. The Morgan fingerprint density at radius 2 is 1.45 bits per heavy atom. The van der Waals surface area contributed by atoms with Crippen LogP contribution >= 0.6 is 0 Å². The molecule has 0 aliphatic heterocycles. The highest BCUT2D eigenvalue weighted by atomic mass is 32.2. The largest absolute Gasteiger partial charge is 0.347 e. The van der Waals surface area contributed by atoms with Gasteiger partial charge in [0.25, 0.3) is 0 Å². The molecule has 22 heavy (non-hydrogen) atoms. The molecule has 1 N–H and O–H groups in total. The van der Waals surface area contributed by atoms with Gasteiger partial charge < -0.3 is 4.90 Å². The molecular weight excluding hydrogens is 300 g/mol. The lowest BCUT2D eigenvalue weighted by Gasteiger charge is -2.22. The van der Waals surface area contributed by atoms with Crippen LogP contribution in [0.4, 0.5) is 0 Å². The van der Waals surface area contributed by atoms with E-state index in [9.17, 15) is 13.2 Å². The van der Waals surface area contributed by atoms with E-state index in [0.29, 0.717) is 5.56 Å². The average molecular weight is 318 g/mol. The Kier molecular flexibility index (Phi) is 4.95. The van der Waals surface area contributed by atoms with E-state index in [2.05, 4.69) is 4.72 Å². The van der Waals surface area contributed by atoms with Crippen molar-refractivity contribution in [1.82, 2.24) is 9.62 Å². The van der Waals surface area contributed by atoms with Crippen LogP contribution in [0.25, 0.3) is 0 Å². The van der Waals surface area contributed by atoms with Crippen LogP contribution in [-0.2, 0) is 14.8 Å². The zero-order valence-electron chi connectivity index (χ0n) is 12.4. The minimum absolute atomic E-state index is 0.127. The maximum Gasteiger partial charge on any atom is 0.244 e. The maximum atomic E-state index is 12.5. The molecule has 6 heteroatoms. The Hall–Kier alpha value is -2.18. The first-order valence-electron chi connectivity index (χ1n) is 6.75. The van der Waals surface area contributed by atoms with Gasteiger partial charge in [0.15, 0.2) is 0 Å². The Balaban J connectivity index is 2.37. The molecule has 0 fully saturated rings. The van der Waals surface area contributed by atoms with Crippen LogP contribution in [0.5, 0.6) is 0 Å². The number of nitrogens with one attached hydrogen (secondary N) is 1. The number of sulfonamides is 1. The Labute approximate surface area is 130 Å². The topological polar surface area (TPSA) is 66.5 Å². The van der Waals surface area contributed by atoms with Crippen molar-refractivity contribution in [2.24, 2.45) is 0 Å². The summed E-state index contributed by atoms with van der Waals surface area (Å²) in [5, 5.41) is 0. The lowest BCUT2D eigenvalue weighted by molar-refractivity contribution is -0.130. The molecule has 0 aliphatic rings. The maximum absolute atomic E-state index is 12.5. The molecule has 2 rings (SSSR count). The van der Waals surface area contributed by atoms with Crippen molar-refractivity contribution in [3.05, 3.63) is 66.2 Å². The van der Waals surface area contributed by atoms with Crippen molar-refractivity contribution in [2.75, 3.05) is 14.1 Å². The molecule has 0 spiro atoms. The number of carbonyl (C=O) groups excluding carboxylic acids is 1. The van der Waals surface area contributed by atoms with Gasteiger partial charge in [-0.05, 0) is 17.7 Å². The first-order valence-corrected chi connectivity index (χ1v) is 8.23. The van der Waals surface area contributed by atoms with Gasteiger partial charge in [0.2, 0.25) is 15.9 Å². The number of hydrogen-bond donors (Lipinski definition) is 1. The molecule has 0 saturated carbocycles. The van der Waals surface area contributed by atoms with E-state index in [-0.39, 0.29) is 10.8 Å². The van der Waals surface area contributed by atoms with Crippen molar-refractivity contribution in [3.63, 3.8) is 0 Å². The minimum atomic E-state index is -3.78. The summed E-state index contributed by atoms with van der Waals surface area (Å²) in [6.07, 6.45) is 0. The molecule has 0 aromatic heterocycles. The lowest BCUT2D eigenvalue weighted by atomic mass is 10.1. The average Bonchev–Trinajstić information content (AvgIpc) is 2.53. The third-order valence-corrected chi connectivity index (χ3v) is 4.59. The monoisotopic (exact) mass is 318 g/mol. The van der Waals surface area contributed by atoms with Crippen LogP contribution in [0.1, 0.15) is 11.6 Å². The van der Waals surface area contributed by atoms with Crippen LogP contribution in [0.2, 0.25) is 0 Å². The van der Waals surface area contributed by atoms with Crippen LogP contribution in [0, 0.1) is 0 Å². The number of benzene rings is 2. The SMILES string of the molecule is CN(C)C(=O)C(NS(=O)(=O)c1ccccc1)c1ccccc1. The molecule has 0 radical (unpaired) electrons. The van der Waals surface area contributed by atoms with Gasteiger partial charge in [-0.15, -0.1) is 0 Å². The third kappa shape index (κ3) is 3.72. The fourth-order valence-corrected chi connectivity index (χ4v) is 3.19. The molecule has 116 valence electrons. The highest BCUT2D eigenvalue weighted by Gasteiger charge is 2.28.